The molecule has 0 spiro atoms. The normalized spacial score (nSPS) is 16.2. The number of fused-ring (bicyclic) bond motifs is 1. The lowest BCUT2D eigenvalue weighted by Crippen LogP contribution is -2.30. The number of hydrazine groups is 1. The first-order valence-corrected chi connectivity index (χ1v) is 7.57. The molecule has 0 aromatic carbocycles. The number of sulfonamides is 1. The highest BCUT2D eigenvalue weighted by molar-refractivity contribution is 7.90. The molecule has 3 heterocycles. The summed E-state index contributed by atoms with van der Waals surface area (Å²) < 4.78 is 28.9. The Morgan fingerprint density at radius 1 is 1.45 bits per heavy atom. The van der Waals surface area contributed by atoms with Crippen molar-refractivity contribution in [2.75, 3.05) is 5.43 Å². The standard InChI is InChI=1S/C9H8N6O3S2/c10-12-7-6(13-14-19-7)4-15-9(16)5-2-1-3-11-8(5)20(15,17)18/h1-3,12H,4,10H2. The molecule has 0 unspecified atom stereocenters. The van der Waals surface area contributed by atoms with Crippen molar-refractivity contribution in [1.29, 1.82) is 0 Å². The van der Waals surface area contributed by atoms with Gasteiger partial charge in [-0.05, 0) is 12.1 Å². The predicted octanol–water partition coefficient (Wildman–Crippen LogP) is -0.437. The van der Waals surface area contributed by atoms with Gasteiger partial charge in [-0.2, -0.15) is 8.42 Å². The molecular formula is C9H8N6O3S2. The summed E-state index contributed by atoms with van der Waals surface area (Å²) in [4.78, 5) is 15.9. The predicted molar refractivity (Wildman–Crippen MR) is 69.0 cm³/mol. The van der Waals surface area contributed by atoms with E-state index >= 15 is 0 Å². The SMILES string of the molecule is NNc1snnc1CN1C(=O)c2cccnc2S1(=O)=O. The summed E-state index contributed by atoms with van der Waals surface area (Å²) in [5.41, 5.74) is 2.69. The Bertz CT molecular complexity index is 786. The van der Waals surface area contributed by atoms with Crippen molar-refractivity contribution in [2.45, 2.75) is 11.6 Å². The maximum absolute atomic E-state index is 12.3. The van der Waals surface area contributed by atoms with Crippen LogP contribution in [-0.2, 0) is 16.6 Å². The molecule has 1 amide bonds. The van der Waals surface area contributed by atoms with Gasteiger partial charge in [-0.3, -0.25) is 4.79 Å². The highest BCUT2D eigenvalue weighted by atomic mass is 32.2. The number of anilines is 1. The van der Waals surface area contributed by atoms with Gasteiger partial charge in [-0.15, -0.1) is 5.10 Å². The Balaban J connectivity index is 2.03. The van der Waals surface area contributed by atoms with E-state index in [1.165, 1.54) is 18.3 Å². The van der Waals surface area contributed by atoms with Crippen molar-refractivity contribution in [3.05, 3.63) is 29.6 Å². The molecule has 11 heteroatoms. The lowest BCUT2D eigenvalue weighted by molar-refractivity contribution is 0.0864. The first-order valence-electron chi connectivity index (χ1n) is 5.35. The van der Waals surface area contributed by atoms with E-state index < -0.39 is 15.9 Å². The zero-order valence-corrected chi connectivity index (χ0v) is 11.5. The average Bonchev–Trinajstić information content (AvgIpc) is 2.97. The van der Waals surface area contributed by atoms with E-state index in [1.54, 1.807) is 0 Å². The van der Waals surface area contributed by atoms with Gasteiger partial charge in [0.1, 0.15) is 10.7 Å². The van der Waals surface area contributed by atoms with Gasteiger partial charge >= 0.3 is 0 Å². The van der Waals surface area contributed by atoms with Gasteiger partial charge in [0.2, 0.25) is 0 Å². The minimum absolute atomic E-state index is 0.0537. The summed E-state index contributed by atoms with van der Waals surface area (Å²) in [6.07, 6.45) is 1.32. The molecule has 9 nitrogen and oxygen atoms in total. The summed E-state index contributed by atoms with van der Waals surface area (Å²) in [5.74, 6) is 4.64. The van der Waals surface area contributed by atoms with Gasteiger partial charge in [0.05, 0.1) is 12.1 Å². The number of hydrogen-bond acceptors (Lipinski definition) is 9. The van der Waals surface area contributed by atoms with Crippen LogP contribution in [0.15, 0.2) is 23.4 Å². The molecule has 0 bridgehead atoms. The molecule has 0 radical (unpaired) electrons. The van der Waals surface area contributed by atoms with Gasteiger partial charge < -0.3 is 5.43 Å². The maximum atomic E-state index is 12.3. The number of carbonyl (C=O) groups is 1. The number of pyridine rings is 1. The van der Waals surface area contributed by atoms with Crippen LogP contribution in [0.4, 0.5) is 5.00 Å². The molecule has 1 aliphatic rings. The van der Waals surface area contributed by atoms with Gasteiger partial charge in [0.25, 0.3) is 15.9 Å². The van der Waals surface area contributed by atoms with Crippen molar-refractivity contribution in [3.63, 3.8) is 0 Å². The Kier molecular flexibility index (Phi) is 2.88. The summed E-state index contributed by atoms with van der Waals surface area (Å²) in [5, 5.41) is 3.92. The Morgan fingerprint density at radius 3 is 2.95 bits per heavy atom. The molecule has 0 saturated heterocycles. The molecule has 20 heavy (non-hydrogen) atoms. The summed E-state index contributed by atoms with van der Waals surface area (Å²) in [6.45, 7) is -0.242. The van der Waals surface area contributed by atoms with Crippen LogP contribution in [0.25, 0.3) is 0 Å². The van der Waals surface area contributed by atoms with Crippen LogP contribution in [-0.4, -0.2) is 33.2 Å². The molecule has 0 atom stereocenters. The van der Waals surface area contributed by atoms with Crippen molar-refractivity contribution < 1.29 is 13.2 Å². The van der Waals surface area contributed by atoms with Gasteiger partial charge in [-0.25, -0.2) is 15.1 Å². The van der Waals surface area contributed by atoms with Crippen LogP contribution in [0.3, 0.4) is 0 Å². The molecule has 1 aliphatic heterocycles. The number of nitrogens with one attached hydrogen (secondary N) is 1. The molecule has 2 aromatic rings. The fourth-order valence-corrected chi connectivity index (χ4v) is 3.75. The minimum Gasteiger partial charge on any atom is -0.313 e. The average molecular weight is 312 g/mol. The number of carbonyl (C=O) groups excluding carboxylic acids is 1. The lowest BCUT2D eigenvalue weighted by atomic mass is 10.2. The van der Waals surface area contributed by atoms with E-state index in [4.69, 9.17) is 5.84 Å². The molecule has 104 valence electrons. The van der Waals surface area contributed by atoms with Crippen molar-refractivity contribution >= 4 is 32.5 Å². The fourth-order valence-electron chi connectivity index (χ4n) is 1.82. The van der Waals surface area contributed by atoms with E-state index in [1.807, 2.05) is 0 Å². The van der Waals surface area contributed by atoms with Crippen LogP contribution in [0.2, 0.25) is 0 Å². The number of amides is 1. The summed E-state index contributed by atoms with van der Waals surface area (Å²) in [7, 11) is -3.96. The quantitative estimate of drug-likeness (QED) is 0.576. The summed E-state index contributed by atoms with van der Waals surface area (Å²) >= 11 is 0.973. The fraction of sp³-hybridized carbons (Fsp3) is 0.111. The smallest absolute Gasteiger partial charge is 0.285 e. The Hall–Kier alpha value is -2.11. The second-order valence-corrected chi connectivity index (χ2v) is 6.40. The zero-order chi connectivity index (χ0) is 14.3. The van der Waals surface area contributed by atoms with Crippen LogP contribution in [0.5, 0.6) is 0 Å². The number of nitrogen functional groups attached to an aromatic ring is 1. The van der Waals surface area contributed by atoms with E-state index in [-0.39, 0.29) is 22.8 Å². The summed E-state index contributed by atoms with van der Waals surface area (Å²) in [6, 6.07) is 2.93. The number of hydrogen-bond donors (Lipinski definition) is 2. The second kappa shape index (κ2) is 4.47. The van der Waals surface area contributed by atoms with Crippen LogP contribution >= 0.6 is 11.5 Å². The largest absolute Gasteiger partial charge is 0.313 e. The van der Waals surface area contributed by atoms with Crippen molar-refractivity contribution in [1.82, 2.24) is 18.9 Å². The highest BCUT2D eigenvalue weighted by Crippen LogP contribution is 2.30. The zero-order valence-electron chi connectivity index (χ0n) is 9.85. The number of aromatic nitrogens is 3. The van der Waals surface area contributed by atoms with Gasteiger partial charge in [0.15, 0.2) is 5.03 Å². The number of rotatable bonds is 3. The first kappa shape index (κ1) is 12.9. The van der Waals surface area contributed by atoms with E-state index in [2.05, 4.69) is 20.0 Å². The number of nitrogens with two attached hydrogens (primary N) is 1. The molecule has 2 aromatic heterocycles. The maximum Gasteiger partial charge on any atom is 0.285 e. The molecular weight excluding hydrogens is 304 g/mol. The molecule has 0 fully saturated rings. The molecule has 0 saturated carbocycles. The monoisotopic (exact) mass is 312 g/mol. The third-order valence-corrected chi connectivity index (χ3v) is 5.13. The van der Waals surface area contributed by atoms with E-state index in [0.717, 1.165) is 11.5 Å². The second-order valence-electron chi connectivity index (χ2n) is 3.87. The molecule has 3 N–H and O–H groups in total. The third-order valence-electron chi connectivity index (χ3n) is 2.74. The Morgan fingerprint density at radius 2 is 2.25 bits per heavy atom. The Labute approximate surface area is 117 Å². The molecule has 3 rings (SSSR count). The first-order chi connectivity index (χ1) is 9.55. The van der Waals surface area contributed by atoms with Gasteiger partial charge in [0, 0.05) is 17.7 Å². The van der Waals surface area contributed by atoms with E-state index in [0.29, 0.717) is 9.31 Å². The topological polar surface area (TPSA) is 131 Å². The highest BCUT2D eigenvalue weighted by Gasteiger charge is 2.43. The van der Waals surface area contributed by atoms with Crippen LogP contribution in [0.1, 0.15) is 16.1 Å². The van der Waals surface area contributed by atoms with Crippen LogP contribution < -0.4 is 11.3 Å². The molecule has 0 aliphatic carbocycles. The van der Waals surface area contributed by atoms with Gasteiger partial charge in [-0.1, -0.05) is 4.49 Å². The van der Waals surface area contributed by atoms with Crippen molar-refractivity contribution in [2.24, 2.45) is 5.84 Å². The van der Waals surface area contributed by atoms with Crippen LogP contribution in [0, 0.1) is 0 Å². The van der Waals surface area contributed by atoms with E-state index in [9.17, 15) is 13.2 Å². The lowest BCUT2D eigenvalue weighted by Gasteiger charge is -2.13. The minimum atomic E-state index is -3.96. The number of nitrogens with zero attached hydrogens (tertiary/aromatic N) is 4. The van der Waals surface area contributed by atoms with Crippen molar-refractivity contribution in [3.8, 4) is 0 Å². The third kappa shape index (κ3) is 1.75.